The molecule has 1 fully saturated rings. The normalized spacial score (nSPS) is 20.6. The fraction of sp³-hybridized carbons (Fsp3) is 0.750. The fourth-order valence-electron chi connectivity index (χ4n) is 2.01. The molecule has 0 radical (unpaired) electrons. The van der Waals surface area contributed by atoms with E-state index in [1.807, 2.05) is 0 Å². The van der Waals surface area contributed by atoms with Crippen molar-refractivity contribution in [2.24, 2.45) is 5.92 Å². The van der Waals surface area contributed by atoms with Crippen LogP contribution in [0.3, 0.4) is 0 Å². The van der Waals surface area contributed by atoms with Gasteiger partial charge in [-0.2, -0.15) is 0 Å². The van der Waals surface area contributed by atoms with E-state index >= 15 is 0 Å². The molecule has 1 unspecified atom stereocenters. The zero-order valence-corrected chi connectivity index (χ0v) is 9.66. The topological polar surface area (TPSA) is 60.4 Å². The molecule has 0 bridgehead atoms. The van der Waals surface area contributed by atoms with Gasteiger partial charge in [0.15, 0.2) is 0 Å². The maximum absolute atomic E-state index is 11.7. The molecule has 0 amide bonds. The minimum Gasteiger partial charge on any atom is -0.469 e. The van der Waals surface area contributed by atoms with Crippen LogP contribution in [0.15, 0.2) is 0 Å². The van der Waals surface area contributed by atoms with Crippen LogP contribution >= 0.6 is 0 Å². The summed E-state index contributed by atoms with van der Waals surface area (Å²) >= 11 is 0. The van der Waals surface area contributed by atoms with Crippen LogP contribution in [0.5, 0.6) is 0 Å². The third-order valence-electron chi connectivity index (χ3n) is 2.98. The number of ether oxygens (including phenoxy) is 1. The van der Waals surface area contributed by atoms with E-state index in [0.29, 0.717) is 25.7 Å². The van der Waals surface area contributed by atoms with Gasteiger partial charge in [0.25, 0.3) is 0 Å². The summed E-state index contributed by atoms with van der Waals surface area (Å²) < 4.78 is 4.48. The first-order chi connectivity index (χ1) is 7.65. The van der Waals surface area contributed by atoms with Crippen molar-refractivity contribution in [3.05, 3.63) is 0 Å². The lowest BCUT2D eigenvalue weighted by Crippen LogP contribution is -2.27. The highest BCUT2D eigenvalue weighted by Crippen LogP contribution is 2.23. The minimum atomic E-state index is -0.397. The number of ketones is 2. The van der Waals surface area contributed by atoms with Crippen molar-refractivity contribution in [2.45, 2.75) is 44.9 Å². The van der Waals surface area contributed by atoms with E-state index in [1.165, 1.54) is 7.11 Å². The monoisotopic (exact) mass is 226 g/mol. The van der Waals surface area contributed by atoms with Gasteiger partial charge in [-0.15, -0.1) is 0 Å². The van der Waals surface area contributed by atoms with Crippen LogP contribution in [0.4, 0.5) is 0 Å². The Morgan fingerprint density at radius 2 is 2.06 bits per heavy atom. The second kappa shape index (κ2) is 6.40. The summed E-state index contributed by atoms with van der Waals surface area (Å²) in [5.41, 5.74) is 0. The quantitative estimate of drug-likeness (QED) is 0.528. The molecular formula is C12H18O4. The van der Waals surface area contributed by atoms with E-state index in [0.717, 1.165) is 12.8 Å². The van der Waals surface area contributed by atoms with Crippen molar-refractivity contribution in [2.75, 3.05) is 7.11 Å². The van der Waals surface area contributed by atoms with Gasteiger partial charge in [0, 0.05) is 19.3 Å². The van der Waals surface area contributed by atoms with E-state index < -0.39 is 5.92 Å². The second-order valence-electron chi connectivity index (χ2n) is 4.16. The first-order valence-corrected chi connectivity index (χ1v) is 5.77. The molecule has 0 spiro atoms. The Kier molecular flexibility index (Phi) is 5.15. The van der Waals surface area contributed by atoms with Crippen LogP contribution in [0.1, 0.15) is 44.9 Å². The predicted molar refractivity (Wildman–Crippen MR) is 57.8 cm³/mol. The average Bonchev–Trinajstić information content (AvgIpc) is 2.29. The summed E-state index contributed by atoms with van der Waals surface area (Å²) in [5.74, 6) is -0.628. The van der Waals surface area contributed by atoms with Crippen LogP contribution in [-0.2, 0) is 19.1 Å². The predicted octanol–water partition coefficient (Wildman–Crippen LogP) is 1.66. The molecule has 4 nitrogen and oxygen atoms in total. The van der Waals surface area contributed by atoms with Crippen molar-refractivity contribution < 1.29 is 19.1 Å². The Labute approximate surface area is 95.3 Å². The number of hydrogen-bond acceptors (Lipinski definition) is 4. The molecule has 1 saturated carbocycles. The number of Topliss-reactive ketones (excluding diaryl/α,β-unsaturated/α-hetero) is 2. The SMILES string of the molecule is COC(=O)CCCC(=O)C1CCCCC1=O. The van der Waals surface area contributed by atoms with Gasteiger partial charge in [-0.3, -0.25) is 14.4 Å². The lowest BCUT2D eigenvalue weighted by Gasteiger charge is -2.18. The molecule has 0 aromatic carbocycles. The maximum atomic E-state index is 11.7. The third kappa shape index (κ3) is 3.76. The van der Waals surface area contributed by atoms with Crippen molar-refractivity contribution in [1.82, 2.24) is 0 Å². The van der Waals surface area contributed by atoms with Gasteiger partial charge in [-0.1, -0.05) is 6.42 Å². The summed E-state index contributed by atoms with van der Waals surface area (Å²) in [6.45, 7) is 0. The summed E-state index contributed by atoms with van der Waals surface area (Å²) in [7, 11) is 1.33. The van der Waals surface area contributed by atoms with Gasteiger partial charge in [-0.25, -0.2) is 0 Å². The number of rotatable bonds is 5. The zero-order valence-electron chi connectivity index (χ0n) is 9.66. The Bertz CT molecular complexity index is 283. The number of esters is 1. The molecule has 1 aliphatic carbocycles. The lowest BCUT2D eigenvalue weighted by atomic mass is 9.83. The molecule has 0 aromatic rings. The lowest BCUT2D eigenvalue weighted by molar-refractivity contribution is -0.140. The number of carbonyl (C=O) groups is 3. The fourth-order valence-corrected chi connectivity index (χ4v) is 2.01. The van der Waals surface area contributed by atoms with Crippen molar-refractivity contribution in [1.29, 1.82) is 0 Å². The van der Waals surface area contributed by atoms with Crippen LogP contribution in [-0.4, -0.2) is 24.6 Å². The van der Waals surface area contributed by atoms with Crippen LogP contribution in [0.25, 0.3) is 0 Å². The van der Waals surface area contributed by atoms with Gasteiger partial charge < -0.3 is 4.74 Å². The molecule has 0 saturated heterocycles. The standard InChI is InChI=1S/C12H18O4/c1-16-12(15)8-4-7-11(14)9-5-2-3-6-10(9)13/h9H,2-8H2,1H3. The number of carbonyl (C=O) groups excluding carboxylic acids is 3. The molecule has 1 rings (SSSR count). The molecule has 4 heteroatoms. The molecule has 0 N–H and O–H groups in total. The van der Waals surface area contributed by atoms with E-state index in [4.69, 9.17) is 0 Å². The largest absolute Gasteiger partial charge is 0.469 e. The summed E-state index contributed by atoms with van der Waals surface area (Å²) in [4.78, 5) is 34.0. The molecule has 0 aliphatic heterocycles. The van der Waals surface area contributed by atoms with Crippen molar-refractivity contribution in [3.63, 3.8) is 0 Å². The Balaban J connectivity index is 2.28. The number of hydrogen-bond donors (Lipinski definition) is 0. The molecule has 1 atom stereocenters. The molecule has 90 valence electrons. The zero-order chi connectivity index (χ0) is 12.0. The van der Waals surface area contributed by atoms with Gasteiger partial charge >= 0.3 is 5.97 Å². The Hall–Kier alpha value is -1.19. The second-order valence-corrected chi connectivity index (χ2v) is 4.16. The van der Waals surface area contributed by atoms with Gasteiger partial charge in [0.2, 0.25) is 0 Å². The first-order valence-electron chi connectivity index (χ1n) is 5.77. The highest BCUT2D eigenvalue weighted by molar-refractivity contribution is 6.02. The Morgan fingerprint density at radius 1 is 1.31 bits per heavy atom. The van der Waals surface area contributed by atoms with Crippen molar-refractivity contribution >= 4 is 17.5 Å². The van der Waals surface area contributed by atoms with Crippen LogP contribution in [0, 0.1) is 5.92 Å². The Morgan fingerprint density at radius 3 is 2.69 bits per heavy atom. The summed E-state index contributed by atoms with van der Waals surface area (Å²) in [5, 5.41) is 0. The highest BCUT2D eigenvalue weighted by atomic mass is 16.5. The molecule has 0 aromatic heterocycles. The average molecular weight is 226 g/mol. The van der Waals surface area contributed by atoms with Crippen LogP contribution in [0.2, 0.25) is 0 Å². The van der Waals surface area contributed by atoms with Gasteiger partial charge in [0.05, 0.1) is 13.0 Å². The molecule has 1 aliphatic rings. The third-order valence-corrected chi connectivity index (χ3v) is 2.98. The van der Waals surface area contributed by atoms with Gasteiger partial charge in [-0.05, 0) is 19.3 Å². The van der Waals surface area contributed by atoms with E-state index in [9.17, 15) is 14.4 Å². The first kappa shape index (κ1) is 12.9. The number of methoxy groups -OCH3 is 1. The van der Waals surface area contributed by atoms with Crippen LogP contribution < -0.4 is 0 Å². The molecule has 0 heterocycles. The molecular weight excluding hydrogens is 208 g/mol. The van der Waals surface area contributed by atoms with E-state index in [2.05, 4.69) is 4.74 Å². The van der Waals surface area contributed by atoms with Crippen molar-refractivity contribution in [3.8, 4) is 0 Å². The maximum Gasteiger partial charge on any atom is 0.305 e. The molecule has 16 heavy (non-hydrogen) atoms. The smallest absolute Gasteiger partial charge is 0.305 e. The highest BCUT2D eigenvalue weighted by Gasteiger charge is 2.28. The summed E-state index contributed by atoms with van der Waals surface area (Å²) in [6.07, 6.45) is 4.14. The minimum absolute atomic E-state index is 0.00592. The van der Waals surface area contributed by atoms with Gasteiger partial charge in [0.1, 0.15) is 11.6 Å². The van der Waals surface area contributed by atoms with E-state index in [1.54, 1.807) is 0 Å². The summed E-state index contributed by atoms with van der Waals surface area (Å²) in [6, 6.07) is 0. The van der Waals surface area contributed by atoms with E-state index in [-0.39, 0.29) is 24.0 Å².